The van der Waals surface area contributed by atoms with Crippen LogP contribution in [0.4, 0.5) is 0 Å². The molecule has 2 heteroatoms. The average Bonchev–Trinajstić information content (AvgIpc) is 2.38. The van der Waals surface area contributed by atoms with E-state index in [-0.39, 0.29) is 5.41 Å². The fourth-order valence-electron chi connectivity index (χ4n) is 3.22. The molecule has 0 radical (unpaired) electrons. The van der Waals surface area contributed by atoms with Gasteiger partial charge < -0.3 is 4.74 Å². The van der Waals surface area contributed by atoms with Crippen LogP contribution in [-0.4, -0.2) is 19.0 Å². The van der Waals surface area contributed by atoms with Gasteiger partial charge in [-0.1, -0.05) is 36.8 Å². The van der Waals surface area contributed by atoms with E-state index >= 15 is 0 Å². The second-order valence-corrected chi connectivity index (χ2v) is 5.55. The summed E-state index contributed by atoms with van der Waals surface area (Å²) in [5, 5.41) is 0. The van der Waals surface area contributed by atoms with Gasteiger partial charge in [0.2, 0.25) is 0 Å². The van der Waals surface area contributed by atoms with Gasteiger partial charge in [-0.3, -0.25) is 4.79 Å². The van der Waals surface area contributed by atoms with Crippen LogP contribution < -0.4 is 0 Å². The molecule has 1 aromatic rings. The summed E-state index contributed by atoms with van der Waals surface area (Å²) >= 11 is 0. The molecule has 1 aromatic carbocycles. The molecule has 18 heavy (non-hydrogen) atoms. The Morgan fingerprint density at radius 3 is 2.33 bits per heavy atom. The van der Waals surface area contributed by atoms with E-state index in [0.717, 1.165) is 25.7 Å². The predicted octanol–water partition coefficient (Wildman–Crippen LogP) is 3.10. The van der Waals surface area contributed by atoms with Gasteiger partial charge in [0.25, 0.3) is 0 Å². The molecule has 0 amide bonds. The zero-order valence-corrected chi connectivity index (χ0v) is 10.7. The molecule has 0 atom stereocenters. The van der Waals surface area contributed by atoms with Gasteiger partial charge in [0.05, 0.1) is 5.41 Å². The Hall–Kier alpha value is -1.15. The lowest BCUT2D eigenvalue weighted by Crippen LogP contribution is -2.46. The van der Waals surface area contributed by atoms with Gasteiger partial charge >= 0.3 is 0 Å². The first kappa shape index (κ1) is 11.9. The van der Waals surface area contributed by atoms with Crippen LogP contribution in [0.2, 0.25) is 0 Å². The summed E-state index contributed by atoms with van der Waals surface area (Å²) in [5.74, 6) is 0.784. The maximum atomic E-state index is 12.8. The first-order valence-electron chi connectivity index (χ1n) is 7.00. The first-order valence-corrected chi connectivity index (χ1v) is 7.00. The Morgan fingerprint density at radius 1 is 1.11 bits per heavy atom. The number of carbonyl (C=O) groups is 1. The topological polar surface area (TPSA) is 26.3 Å². The van der Waals surface area contributed by atoms with Crippen molar-refractivity contribution >= 4 is 5.78 Å². The van der Waals surface area contributed by atoms with E-state index in [4.69, 9.17) is 4.74 Å². The van der Waals surface area contributed by atoms with Gasteiger partial charge in [-0.15, -0.1) is 0 Å². The predicted molar refractivity (Wildman–Crippen MR) is 70.5 cm³/mol. The number of hydrogen-bond donors (Lipinski definition) is 0. The molecule has 1 saturated carbocycles. The number of Topliss-reactive ketones (excluding diaryl/α,β-unsaturated/α-hetero) is 1. The molecule has 2 aliphatic rings. The van der Waals surface area contributed by atoms with E-state index in [1.807, 2.05) is 18.2 Å². The fourth-order valence-corrected chi connectivity index (χ4v) is 3.22. The van der Waals surface area contributed by atoms with E-state index < -0.39 is 0 Å². The minimum atomic E-state index is -0.259. The summed E-state index contributed by atoms with van der Waals surface area (Å²) in [6.07, 6.45) is 5.11. The summed E-state index contributed by atoms with van der Waals surface area (Å²) in [4.78, 5) is 12.8. The Morgan fingerprint density at radius 2 is 1.78 bits per heavy atom. The quantitative estimate of drug-likeness (QED) is 0.816. The molecule has 1 aliphatic carbocycles. The van der Waals surface area contributed by atoms with Crippen molar-refractivity contribution in [1.82, 2.24) is 0 Å². The Kier molecular flexibility index (Phi) is 3.21. The van der Waals surface area contributed by atoms with Crippen LogP contribution in [0, 0.1) is 5.92 Å². The highest BCUT2D eigenvalue weighted by atomic mass is 16.5. The van der Waals surface area contributed by atoms with E-state index in [1.54, 1.807) is 0 Å². The lowest BCUT2D eigenvalue weighted by atomic mass is 9.64. The van der Waals surface area contributed by atoms with Crippen molar-refractivity contribution in [2.45, 2.75) is 37.5 Å². The minimum absolute atomic E-state index is 0.259. The normalized spacial score (nSPS) is 23.3. The van der Waals surface area contributed by atoms with Gasteiger partial charge in [0.15, 0.2) is 0 Å². The molecule has 0 unspecified atom stereocenters. The largest absolute Gasteiger partial charge is 0.381 e. The zero-order chi connectivity index (χ0) is 12.4. The van der Waals surface area contributed by atoms with Crippen LogP contribution in [0.5, 0.6) is 0 Å². The van der Waals surface area contributed by atoms with Crippen molar-refractivity contribution in [3.05, 3.63) is 35.9 Å². The Balaban J connectivity index is 1.95. The van der Waals surface area contributed by atoms with E-state index in [9.17, 15) is 4.79 Å². The minimum Gasteiger partial charge on any atom is -0.381 e. The zero-order valence-electron chi connectivity index (χ0n) is 10.7. The van der Waals surface area contributed by atoms with Crippen molar-refractivity contribution in [2.75, 3.05) is 13.2 Å². The maximum Gasteiger partial charge on any atom is 0.146 e. The molecule has 0 N–H and O–H groups in total. The lowest BCUT2D eigenvalue weighted by molar-refractivity contribution is -0.134. The highest BCUT2D eigenvalue weighted by Gasteiger charge is 2.45. The molecule has 2 nitrogen and oxygen atoms in total. The van der Waals surface area contributed by atoms with Crippen LogP contribution >= 0.6 is 0 Å². The molecule has 0 spiro atoms. The molecule has 96 valence electrons. The number of ether oxygens (including phenoxy) is 1. The third-order valence-corrected chi connectivity index (χ3v) is 4.62. The van der Waals surface area contributed by atoms with Crippen LogP contribution in [0.25, 0.3) is 0 Å². The van der Waals surface area contributed by atoms with Crippen LogP contribution in [0.1, 0.15) is 37.7 Å². The van der Waals surface area contributed by atoms with Gasteiger partial charge in [-0.25, -0.2) is 0 Å². The van der Waals surface area contributed by atoms with Crippen LogP contribution in [0.15, 0.2) is 30.3 Å². The number of rotatable bonds is 3. The molecule has 3 rings (SSSR count). The highest BCUT2D eigenvalue weighted by molar-refractivity contribution is 5.92. The summed E-state index contributed by atoms with van der Waals surface area (Å²) in [5.41, 5.74) is 0.940. The number of carbonyl (C=O) groups excluding carboxylic acids is 1. The van der Waals surface area contributed by atoms with E-state index in [1.165, 1.54) is 12.0 Å². The molecular weight excluding hydrogens is 224 g/mol. The second-order valence-electron chi connectivity index (χ2n) is 5.55. The second kappa shape index (κ2) is 4.85. The molecular formula is C16H20O2. The van der Waals surface area contributed by atoms with Gasteiger partial charge in [0, 0.05) is 19.1 Å². The molecule has 1 saturated heterocycles. The van der Waals surface area contributed by atoms with Crippen molar-refractivity contribution in [1.29, 1.82) is 0 Å². The Labute approximate surface area is 108 Å². The summed E-state index contributed by atoms with van der Waals surface area (Å²) in [7, 11) is 0. The fraction of sp³-hybridized carbons (Fsp3) is 0.562. The van der Waals surface area contributed by atoms with Crippen molar-refractivity contribution < 1.29 is 9.53 Å². The van der Waals surface area contributed by atoms with Gasteiger partial charge in [-0.2, -0.15) is 0 Å². The third kappa shape index (κ3) is 1.89. The van der Waals surface area contributed by atoms with Gasteiger partial charge in [-0.05, 0) is 31.2 Å². The number of ketones is 1. The summed E-state index contributed by atoms with van der Waals surface area (Å²) < 4.78 is 5.48. The van der Waals surface area contributed by atoms with Crippen molar-refractivity contribution in [3.8, 4) is 0 Å². The number of benzene rings is 1. The highest BCUT2D eigenvalue weighted by Crippen LogP contribution is 2.42. The summed E-state index contributed by atoms with van der Waals surface area (Å²) in [6.45, 7) is 1.43. The maximum absolute atomic E-state index is 12.8. The smallest absolute Gasteiger partial charge is 0.146 e. The van der Waals surface area contributed by atoms with E-state index in [2.05, 4.69) is 12.1 Å². The average molecular weight is 244 g/mol. The first-order chi connectivity index (χ1) is 8.83. The molecule has 2 fully saturated rings. The van der Waals surface area contributed by atoms with Crippen molar-refractivity contribution in [3.63, 3.8) is 0 Å². The Bertz CT molecular complexity index is 414. The SMILES string of the molecule is O=C(C1CCC1)C1(c2ccccc2)CCOCC1. The van der Waals surface area contributed by atoms with Gasteiger partial charge in [0.1, 0.15) is 5.78 Å². The molecule has 0 bridgehead atoms. The lowest BCUT2D eigenvalue weighted by Gasteiger charge is -2.41. The molecule has 0 aromatic heterocycles. The number of hydrogen-bond acceptors (Lipinski definition) is 2. The third-order valence-electron chi connectivity index (χ3n) is 4.62. The van der Waals surface area contributed by atoms with Crippen molar-refractivity contribution in [2.24, 2.45) is 5.92 Å². The molecule has 1 aliphatic heterocycles. The van der Waals surface area contributed by atoms with Crippen LogP contribution in [-0.2, 0) is 14.9 Å². The monoisotopic (exact) mass is 244 g/mol. The summed E-state index contributed by atoms with van der Waals surface area (Å²) in [6, 6.07) is 10.3. The van der Waals surface area contributed by atoms with Crippen LogP contribution in [0.3, 0.4) is 0 Å². The van der Waals surface area contributed by atoms with E-state index in [0.29, 0.717) is 24.9 Å². The molecule has 1 heterocycles. The standard InChI is InChI=1S/C16H20O2/c17-15(13-5-4-6-13)16(9-11-18-12-10-16)14-7-2-1-3-8-14/h1-3,7-8,13H,4-6,9-12H2.